The lowest BCUT2D eigenvalue weighted by molar-refractivity contribution is -0.131. The zero-order valence-electron chi connectivity index (χ0n) is 9.50. The average Bonchev–Trinajstić information content (AvgIpc) is 2.80. The van der Waals surface area contributed by atoms with Crippen molar-refractivity contribution < 1.29 is 4.79 Å². The third-order valence-corrected chi connectivity index (χ3v) is 3.61. The molecule has 1 saturated carbocycles. The van der Waals surface area contributed by atoms with Gasteiger partial charge in [0.05, 0.1) is 6.54 Å². The molecule has 2 aliphatic rings. The Balaban J connectivity index is 1.66. The van der Waals surface area contributed by atoms with Gasteiger partial charge in [-0.1, -0.05) is 12.8 Å². The normalized spacial score (nSPS) is 23.3. The standard InChI is InChI=1S/C12H22N2O/c15-12(14-8-4-1-5-9-14)10-13-11-6-2-3-7-11/h11,13H,1-10H2. The molecule has 0 aromatic carbocycles. The van der Waals surface area contributed by atoms with Gasteiger partial charge in [-0.05, 0) is 32.1 Å². The molecule has 2 fully saturated rings. The molecule has 1 aliphatic carbocycles. The molecule has 86 valence electrons. The van der Waals surface area contributed by atoms with Crippen LogP contribution in [0.2, 0.25) is 0 Å². The van der Waals surface area contributed by atoms with E-state index in [4.69, 9.17) is 0 Å². The zero-order valence-corrected chi connectivity index (χ0v) is 9.50. The third-order valence-electron chi connectivity index (χ3n) is 3.61. The van der Waals surface area contributed by atoms with Crippen molar-refractivity contribution in [3.8, 4) is 0 Å². The van der Waals surface area contributed by atoms with Crippen molar-refractivity contribution in [3.63, 3.8) is 0 Å². The first-order chi connectivity index (χ1) is 7.36. The van der Waals surface area contributed by atoms with E-state index in [9.17, 15) is 4.79 Å². The lowest BCUT2D eigenvalue weighted by Gasteiger charge is -2.27. The molecule has 0 spiro atoms. The number of hydrogen-bond donors (Lipinski definition) is 1. The second-order valence-electron chi connectivity index (χ2n) is 4.80. The molecular weight excluding hydrogens is 188 g/mol. The van der Waals surface area contributed by atoms with Gasteiger partial charge in [-0.25, -0.2) is 0 Å². The fourth-order valence-corrected chi connectivity index (χ4v) is 2.62. The molecule has 1 aliphatic heterocycles. The highest BCUT2D eigenvalue weighted by molar-refractivity contribution is 5.78. The van der Waals surface area contributed by atoms with Crippen molar-refractivity contribution in [2.45, 2.75) is 51.0 Å². The van der Waals surface area contributed by atoms with Crippen LogP contribution in [0.1, 0.15) is 44.9 Å². The van der Waals surface area contributed by atoms with Gasteiger partial charge in [0.25, 0.3) is 0 Å². The van der Waals surface area contributed by atoms with E-state index < -0.39 is 0 Å². The van der Waals surface area contributed by atoms with Crippen molar-refractivity contribution in [2.24, 2.45) is 0 Å². The third kappa shape index (κ3) is 3.20. The summed E-state index contributed by atoms with van der Waals surface area (Å²) in [5.41, 5.74) is 0. The van der Waals surface area contributed by atoms with Crippen LogP contribution >= 0.6 is 0 Å². The molecule has 0 unspecified atom stereocenters. The molecule has 1 N–H and O–H groups in total. The van der Waals surface area contributed by atoms with Gasteiger partial charge in [-0.3, -0.25) is 4.79 Å². The molecular formula is C12H22N2O. The van der Waals surface area contributed by atoms with Gasteiger partial charge in [-0.15, -0.1) is 0 Å². The molecule has 0 aromatic rings. The van der Waals surface area contributed by atoms with Crippen molar-refractivity contribution in [1.29, 1.82) is 0 Å². The highest BCUT2D eigenvalue weighted by atomic mass is 16.2. The Morgan fingerprint density at radius 1 is 1.07 bits per heavy atom. The van der Waals surface area contributed by atoms with E-state index in [1.165, 1.54) is 44.9 Å². The lowest BCUT2D eigenvalue weighted by atomic mass is 10.1. The number of piperidine rings is 1. The molecule has 0 atom stereocenters. The van der Waals surface area contributed by atoms with E-state index in [-0.39, 0.29) is 0 Å². The topological polar surface area (TPSA) is 32.3 Å². The Kier molecular flexibility index (Phi) is 4.01. The quantitative estimate of drug-likeness (QED) is 0.766. The van der Waals surface area contributed by atoms with Gasteiger partial charge in [-0.2, -0.15) is 0 Å². The Labute approximate surface area is 92.2 Å². The second-order valence-corrected chi connectivity index (χ2v) is 4.80. The first kappa shape index (κ1) is 10.9. The van der Waals surface area contributed by atoms with E-state index in [1.807, 2.05) is 4.90 Å². The molecule has 0 aromatic heterocycles. The van der Waals surface area contributed by atoms with E-state index in [0.717, 1.165) is 13.1 Å². The molecule has 3 nitrogen and oxygen atoms in total. The van der Waals surface area contributed by atoms with Crippen LogP contribution < -0.4 is 5.32 Å². The summed E-state index contributed by atoms with van der Waals surface area (Å²) in [4.78, 5) is 13.8. The maximum atomic E-state index is 11.8. The number of nitrogens with zero attached hydrogens (tertiary/aromatic N) is 1. The van der Waals surface area contributed by atoms with Crippen LogP contribution in [0.5, 0.6) is 0 Å². The van der Waals surface area contributed by atoms with Crippen LogP contribution in [-0.2, 0) is 4.79 Å². The number of amides is 1. The predicted octanol–water partition coefficient (Wildman–Crippen LogP) is 1.53. The number of likely N-dealkylation sites (tertiary alicyclic amines) is 1. The van der Waals surface area contributed by atoms with Gasteiger partial charge in [0.2, 0.25) is 5.91 Å². The van der Waals surface area contributed by atoms with E-state index >= 15 is 0 Å². The number of rotatable bonds is 3. The highest BCUT2D eigenvalue weighted by Crippen LogP contribution is 2.17. The van der Waals surface area contributed by atoms with Crippen LogP contribution in [0.4, 0.5) is 0 Å². The van der Waals surface area contributed by atoms with Crippen LogP contribution in [0.25, 0.3) is 0 Å². The largest absolute Gasteiger partial charge is 0.342 e. The summed E-state index contributed by atoms with van der Waals surface area (Å²) in [7, 11) is 0. The highest BCUT2D eigenvalue weighted by Gasteiger charge is 2.19. The first-order valence-electron chi connectivity index (χ1n) is 6.37. The second kappa shape index (κ2) is 5.50. The number of hydrogen-bond acceptors (Lipinski definition) is 2. The van der Waals surface area contributed by atoms with Crippen LogP contribution in [0.3, 0.4) is 0 Å². The van der Waals surface area contributed by atoms with Gasteiger partial charge in [0, 0.05) is 19.1 Å². The van der Waals surface area contributed by atoms with Crippen molar-refractivity contribution >= 4 is 5.91 Å². The monoisotopic (exact) mass is 210 g/mol. The zero-order chi connectivity index (χ0) is 10.5. The minimum absolute atomic E-state index is 0.307. The molecule has 1 saturated heterocycles. The van der Waals surface area contributed by atoms with Crippen molar-refractivity contribution in [3.05, 3.63) is 0 Å². The van der Waals surface area contributed by atoms with Gasteiger partial charge < -0.3 is 10.2 Å². The molecule has 3 heteroatoms. The summed E-state index contributed by atoms with van der Waals surface area (Å²) in [5, 5.41) is 3.39. The molecule has 15 heavy (non-hydrogen) atoms. The van der Waals surface area contributed by atoms with Crippen LogP contribution in [-0.4, -0.2) is 36.5 Å². The fourth-order valence-electron chi connectivity index (χ4n) is 2.62. The van der Waals surface area contributed by atoms with Crippen molar-refractivity contribution in [2.75, 3.05) is 19.6 Å². The van der Waals surface area contributed by atoms with Gasteiger partial charge >= 0.3 is 0 Å². The maximum Gasteiger partial charge on any atom is 0.236 e. The Morgan fingerprint density at radius 2 is 1.73 bits per heavy atom. The molecule has 2 rings (SSSR count). The fraction of sp³-hybridized carbons (Fsp3) is 0.917. The van der Waals surface area contributed by atoms with E-state index in [0.29, 0.717) is 18.5 Å². The molecule has 0 bridgehead atoms. The predicted molar refractivity (Wildman–Crippen MR) is 60.7 cm³/mol. The SMILES string of the molecule is O=C(CNC1CCCC1)N1CCCCC1. The Morgan fingerprint density at radius 3 is 2.40 bits per heavy atom. The summed E-state index contributed by atoms with van der Waals surface area (Å²) < 4.78 is 0. The minimum atomic E-state index is 0.307. The Hall–Kier alpha value is -0.570. The summed E-state index contributed by atoms with van der Waals surface area (Å²) >= 11 is 0. The van der Waals surface area contributed by atoms with Gasteiger partial charge in [0.1, 0.15) is 0 Å². The summed E-state index contributed by atoms with van der Waals surface area (Å²) in [6.07, 6.45) is 8.84. The average molecular weight is 210 g/mol. The molecule has 1 heterocycles. The van der Waals surface area contributed by atoms with Crippen molar-refractivity contribution in [1.82, 2.24) is 10.2 Å². The smallest absolute Gasteiger partial charge is 0.236 e. The Bertz CT molecular complexity index is 206. The lowest BCUT2D eigenvalue weighted by Crippen LogP contribution is -2.43. The maximum absolute atomic E-state index is 11.8. The minimum Gasteiger partial charge on any atom is -0.342 e. The van der Waals surface area contributed by atoms with E-state index in [1.54, 1.807) is 0 Å². The van der Waals surface area contributed by atoms with Crippen LogP contribution in [0.15, 0.2) is 0 Å². The summed E-state index contributed by atoms with van der Waals surface area (Å²) in [6, 6.07) is 0.610. The van der Waals surface area contributed by atoms with Gasteiger partial charge in [0.15, 0.2) is 0 Å². The summed E-state index contributed by atoms with van der Waals surface area (Å²) in [6.45, 7) is 2.51. The van der Waals surface area contributed by atoms with Crippen LogP contribution in [0, 0.1) is 0 Å². The first-order valence-corrected chi connectivity index (χ1v) is 6.37. The number of carbonyl (C=O) groups is 1. The molecule has 0 radical (unpaired) electrons. The number of nitrogens with one attached hydrogen (secondary N) is 1. The summed E-state index contributed by atoms with van der Waals surface area (Å²) in [5.74, 6) is 0.307. The number of carbonyl (C=O) groups excluding carboxylic acids is 1. The van der Waals surface area contributed by atoms with E-state index in [2.05, 4.69) is 5.32 Å². The molecule has 1 amide bonds.